The molecule has 25 heavy (non-hydrogen) atoms. The van der Waals surface area contributed by atoms with Crippen molar-refractivity contribution in [3.8, 4) is 0 Å². The predicted molar refractivity (Wildman–Crippen MR) is 93.7 cm³/mol. The second-order valence-corrected chi connectivity index (χ2v) is 7.50. The molecule has 0 unspecified atom stereocenters. The third kappa shape index (κ3) is 4.64. The molecule has 2 rings (SSSR count). The molecule has 0 saturated heterocycles. The van der Waals surface area contributed by atoms with Gasteiger partial charge in [0.05, 0.1) is 10.7 Å². The number of hydrogen-bond acceptors (Lipinski definition) is 7. The van der Waals surface area contributed by atoms with Crippen molar-refractivity contribution in [3.63, 3.8) is 0 Å². The van der Waals surface area contributed by atoms with Crippen molar-refractivity contribution >= 4 is 38.7 Å². The molecule has 0 spiro atoms. The van der Waals surface area contributed by atoms with Gasteiger partial charge in [-0.1, -0.05) is 31.5 Å². The fraction of sp³-hybridized carbons (Fsp3) is 0.333. The zero-order valence-corrected chi connectivity index (χ0v) is 15.4. The number of nitrogens with one attached hydrogen (secondary N) is 1. The van der Waals surface area contributed by atoms with Crippen LogP contribution in [0.1, 0.15) is 34.6 Å². The van der Waals surface area contributed by atoms with Gasteiger partial charge in [-0.05, 0) is 6.07 Å². The Balaban J connectivity index is 0.00000151. The average molecular weight is 389 g/mol. The van der Waals surface area contributed by atoms with Crippen molar-refractivity contribution in [2.75, 3.05) is 18.6 Å². The molecular weight excluding hydrogens is 372 g/mol. The van der Waals surface area contributed by atoms with E-state index in [-0.39, 0.29) is 29.1 Å². The number of fused-ring (bicyclic) bond motifs is 1. The van der Waals surface area contributed by atoms with Crippen LogP contribution in [0, 0.1) is 10.1 Å². The Morgan fingerprint density at radius 3 is 2.32 bits per heavy atom. The second-order valence-electron chi connectivity index (χ2n) is 4.86. The standard InChI is InChI=1S/C13H11ClN2O6S.C2H6/c1-23(21,22)6-5-15-11-10(14)12(17)7-3-2-4-8(16(19)20)9(7)13(11)18;1-2/h2-4,15H,5-6H2,1H3;1-2H3. The van der Waals surface area contributed by atoms with E-state index < -0.39 is 37.0 Å². The van der Waals surface area contributed by atoms with Crippen LogP contribution in [-0.4, -0.2) is 43.5 Å². The fourth-order valence-electron chi connectivity index (χ4n) is 2.10. The summed E-state index contributed by atoms with van der Waals surface area (Å²) in [5.41, 5.74) is -1.34. The lowest BCUT2D eigenvalue weighted by atomic mass is 9.91. The van der Waals surface area contributed by atoms with E-state index in [2.05, 4.69) is 5.32 Å². The Kier molecular flexibility index (Phi) is 6.83. The molecule has 0 atom stereocenters. The van der Waals surface area contributed by atoms with E-state index in [9.17, 15) is 28.1 Å². The Bertz CT molecular complexity index is 861. The Morgan fingerprint density at radius 2 is 1.80 bits per heavy atom. The van der Waals surface area contributed by atoms with E-state index in [4.69, 9.17) is 11.6 Å². The van der Waals surface area contributed by atoms with Crippen LogP contribution >= 0.6 is 11.6 Å². The maximum absolute atomic E-state index is 12.4. The molecule has 0 fully saturated rings. The lowest BCUT2D eigenvalue weighted by Crippen LogP contribution is -2.32. The van der Waals surface area contributed by atoms with E-state index in [1.165, 1.54) is 12.1 Å². The number of allylic oxidation sites excluding steroid dienone is 2. The highest BCUT2D eigenvalue weighted by molar-refractivity contribution is 7.90. The summed E-state index contributed by atoms with van der Waals surface area (Å²) in [6, 6.07) is 3.67. The van der Waals surface area contributed by atoms with E-state index >= 15 is 0 Å². The number of benzene rings is 1. The predicted octanol–water partition coefficient (Wildman–Crippen LogP) is 2.08. The van der Waals surface area contributed by atoms with Gasteiger partial charge in [0.1, 0.15) is 26.1 Å². The fourth-order valence-corrected chi connectivity index (χ4v) is 2.82. The number of nitro groups is 1. The number of carbonyl (C=O) groups is 2. The van der Waals surface area contributed by atoms with Crippen molar-refractivity contribution in [3.05, 3.63) is 50.2 Å². The number of rotatable bonds is 5. The molecule has 136 valence electrons. The Labute approximate surface area is 149 Å². The van der Waals surface area contributed by atoms with Crippen LogP contribution in [0.4, 0.5) is 5.69 Å². The van der Waals surface area contributed by atoms with Crippen molar-refractivity contribution in [2.24, 2.45) is 0 Å². The number of hydrogen-bond donors (Lipinski definition) is 1. The van der Waals surface area contributed by atoms with Crippen LogP contribution in [-0.2, 0) is 9.84 Å². The van der Waals surface area contributed by atoms with E-state index in [1.54, 1.807) is 0 Å². The van der Waals surface area contributed by atoms with Crippen LogP contribution in [0.25, 0.3) is 0 Å². The molecule has 8 nitrogen and oxygen atoms in total. The molecule has 0 bridgehead atoms. The van der Waals surface area contributed by atoms with Crippen molar-refractivity contribution in [2.45, 2.75) is 13.8 Å². The molecule has 1 aromatic carbocycles. The number of halogens is 1. The first-order valence-corrected chi connectivity index (χ1v) is 9.75. The van der Waals surface area contributed by atoms with Crippen molar-refractivity contribution in [1.29, 1.82) is 0 Å². The highest BCUT2D eigenvalue weighted by atomic mass is 35.5. The zero-order chi connectivity index (χ0) is 19.4. The highest BCUT2D eigenvalue weighted by Crippen LogP contribution is 2.32. The van der Waals surface area contributed by atoms with Crippen LogP contribution in [0.3, 0.4) is 0 Å². The van der Waals surface area contributed by atoms with Gasteiger partial charge in [-0.15, -0.1) is 0 Å². The van der Waals surface area contributed by atoms with Gasteiger partial charge in [0.25, 0.3) is 5.69 Å². The third-order valence-electron chi connectivity index (χ3n) is 3.13. The number of sulfone groups is 1. The summed E-state index contributed by atoms with van der Waals surface area (Å²) >= 11 is 5.87. The topological polar surface area (TPSA) is 123 Å². The minimum Gasteiger partial charge on any atom is -0.380 e. The zero-order valence-electron chi connectivity index (χ0n) is 13.8. The number of Topliss-reactive ketones (excluding diaryl/α,β-unsaturated/α-hetero) is 2. The average Bonchev–Trinajstić information content (AvgIpc) is 2.56. The molecule has 1 N–H and O–H groups in total. The van der Waals surface area contributed by atoms with E-state index in [1.807, 2.05) is 13.8 Å². The van der Waals surface area contributed by atoms with Gasteiger partial charge in [-0.25, -0.2) is 8.42 Å². The van der Waals surface area contributed by atoms with Crippen molar-refractivity contribution in [1.82, 2.24) is 5.32 Å². The van der Waals surface area contributed by atoms with Crippen LogP contribution in [0.5, 0.6) is 0 Å². The molecule has 1 aromatic rings. The van der Waals surface area contributed by atoms with Crippen LogP contribution in [0.15, 0.2) is 28.9 Å². The third-order valence-corrected chi connectivity index (χ3v) is 4.44. The summed E-state index contributed by atoms with van der Waals surface area (Å²) in [6.45, 7) is 3.85. The molecule has 1 aliphatic rings. The molecule has 0 aromatic heterocycles. The number of nitrogens with zero attached hydrogens (tertiary/aromatic N) is 1. The summed E-state index contributed by atoms with van der Waals surface area (Å²) in [6.07, 6.45) is 1.01. The number of carbonyl (C=O) groups excluding carboxylic acids is 2. The molecule has 0 radical (unpaired) electrons. The minimum absolute atomic E-state index is 0.150. The lowest BCUT2D eigenvalue weighted by Gasteiger charge is -2.18. The molecule has 1 aliphatic carbocycles. The lowest BCUT2D eigenvalue weighted by molar-refractivity contribution is -0.385. The molecule has 0 amide bonds. The first-order chi connectivity index (χ1) is 11.6. The van der Waals surface area contributed by atoms with Crippen LogP contribution in [0.2, 0.25) is 0 Å². The van der Waals surface area contributed by atoms with Crippen molar-refractivity contribution < 1.29 is 22.9 Å². The quantitative estimate of drug-likeness (QED) is 0.604. The Hall–Kier alpha value is -2.26. The smallest absolute Gasteiger partial charge is 0.281 e. The molecule has 0 heterocycles. The summed E-state index contributed by atoms with van der Waals surface area (Å²) in [4.78, 5) is 34.9. The first kappa shape index (κ1) is 20.8. The molecule has 0 aliphatic heterocycles. The van der Waals surface area contributed by atoms with E-state index in [0.717, 1.165) is 12.3 Å². The van der Waals surface area contributed by atoms with Gasteiger partial charge in [-0.3, -0.25) is 19.7 Å². The van der Waals surface area contributed by atoms with E-state index in [0.29, 0.717) is 0 Å². The number of nitro benzene ring substituents is 1. The number of ketones is 2. The summed E-state index contributed by atoms with van der Waals surface area (Å²) in [5.74, 6) is -1.83. The normalized spacial score (nSPS) is 13.8. The Morgan fingerprint density at radius 1 is 1.20 bits per heavy atom. The molecule has 10 heteroatoms. The van der Waals surface area contributed by atoms with Gasteiger partial charge >= 0.3 is 0 Å². The van der Waals surface area contributed by atoms with Crippen LogP contribution < -0.4 is 5.32 Å². The summed E-state index contributed by atoms with van der Waals surface area (Å²) in [7, 11) is -3.29. The van der Waals surface area contributed by atoms with Gasteiger partial charge in [0.2, 0.25) is 11.6 Å². The second kappa shape index (κ2) is 8.21. The maximum atomic E-state index is 12.4. The first-order valence-electron chi connectivity index (χ1n) is 7.31. The monoisotopic (exact) mass is 388 g/mol. The summed E-state index contributed by atoms with van der Waals surface area (Å²) in [5, 5.41) is 13.1. The maximum Gasteiger partial charge on any atom is 0.281 e. The SMILES string of the molecule is CC.CS(=O)(=O)CCNC1=C(Cl)C(=O)c2cccc([N+](=O)[O-])c2C1=O. The summed E-state index contributed by atoms with van der Waals surface area (Å²) < 4.78 is 22.2. The molecule has 0 saturated carbocycles. The van der Waals surface area contributed by atoms with Gasteiger partial charge in [0.15, 0.2) is 0 Å². The minimum atomic E-state index is -3.29. The largest absolute Gasteiger partial charge is 0.380 e. The van der Waals surface area contributed by atoms with Gasteiger partial charge in [-0.2, -0.15) is 0 Å². The molecular formula is C15H17ClN2O6S. The highest BCUT2D eigenvalue weighted by Gasteiger charge is 2.36. The van der Waals surface area contributed by atoms with Gasteiger partial charge in [0, 0.05) is 24.4 Å². The van der Waals surface area contributed by atoms with Gasteiger partial charge < -0.3 is 5.32 Å².